The van der Waals surface area contributed by atoms with Crippen molar-refractivity contribution in [1.29, 1.82) is 0 Å². The standard InChI is InChI=1S/C18H28N2O/c1-4-20(14-16-12-8-9-13-19-16)17(21)18(2,3)15-10-6-5-7-11-15/h5-7,10-11,16,19H,4,8-9,12-14H2,1-3H3. The van der Waals surface area contributed by atoms with Crippen molar-refractivity contribution < 1.29 is 4.79 Å². The zero-order valence-electron chi connectivity index (χ0n) is 13.6. The molecule has 1 fully saturated rings. The van der Waals surface area contributed by atoms with Crippen molar-refractivity contribution in [1.82, 2.24) is 10.2 Å². The summed E-state index contributed by atoms with van der Waals surface area (Å²) in [5, 5.41) is 3.54. The predicted molar refractivity (Wildman–Crippen MR) is 87.4 cm³/mol. The number of rotatable bonds is 5. The molecule has 1 aliphatic rings. The summed E-state index contributed by atoms with van der Waals surface area (Å²) < 4.78 is 0. The quantitative estimate of drug-likeness (QED) is 0.903. The van der Waals surface area contributed by atoms with Crippen LogP contribution in [-0.4, -0.2) is 36.5 Å². The minimum absolute atomic E-state index is 0.226. The molecule has 1 atom stereocenters. The normalized spacial score (nSPS) is 19.3. The summed E-state index contributed by atoms with van der Waals surface area (Å²) in [4.78, 5) is 15.0. The van der Waals surface area contributed by atoms with Crippen LogP contribution < -0.4 is 5.32 Å². The van der Waals surface area contributed by atoms with Crippen LogP contribution in [0.4, 0.5) is 0 Å². The summed E-state index contributed by atoms with van der Waals surface area (Å²) in [6, 6.07) is 10.5. The molecule has 21 heavy (non-hydrogen) atoms. The van der Waals surface area contributed by atoms with Crippen molar-refractivity contribution in [2.45, 2.75) is 51.5 Å². The highest BCUT2D eigenvalue weighted by Gasteiger charge is 2.34. The lowest BCUT2D eigenvalue weighted by Crippen LogP contribution is -2.50. The molecule has 1 aliphatic heterocycles. The van der Waals surface area contributed by atoms with E-state index in [1.54, 1.807) is 0 Å². The minimum atomic E-state index is -0.466. The minimum Gasteiger partial charge on any atom is -0.341 e. The van der Waals surface area contributed by atoms with Gasteiger partial charge in [0.1, 0.15) is 0 Å². The molecule has 3 nitrogen and oxygen atoms in total. The molecule has 116 valence electrons. The SMILES string of the molecule is CCN(CC1CCCCN1)C(=O)C(C)(C)c1ccccc1. The van der Waals surface area contributed by atoms with Gasteiger partial charge >= 0.3 is 0 Å². The second-order valence-electron chi connectivity index (χ2n) is 6.48. The van der Waals surface area contributed by atoms with E-state index in [9.17, 15) is 4.79 Å². The monoisotopic (exact) mass is 288 g/mol. The van der Waals surface area contributed by atoms with Crippen molar-refractivity contribution in [3.8, 4) is 0 Å². The Labute approximate surface area is 128 Å². The highest BCUT2D eigenvalue weighted by molar-refractivity contribution is 5.87. The Morgan fingerprint density at radius 3 is 2.57 bits per heavy atom. The van der Waals surface area contributed by atoms with E-state index in [0.717, 1.165) is 25.2 Å². The molecule has 0 aromatic heterocycles. The van der Waals surface area contributed by atoms with E-state index in [4.69, 9.17) is 0 Å². The third-order valence-electron chi connectivity index (χ3n) is 4.55. The number of carbonyl (C=O) groups excluding carboxylic acids is 1. The molecular formula is C18H28N2O. The zero-order valence-corrected chi connectivity index (χ0v) is 13.6. The van der Waals surface area contributed by atoms with Crippen LogP contribution in [0.15, 0.2) is 30.3 Å². The van der Waals surface area contributed by atoms with Gasteiger partial charge in [-0.15, -0.1) is 0 Å². The number of piperidine rings is 1. The Bertz CT molecular complexity index is 450. The topological polar surface area (TPSA) is 32.3 Å². The van der Waals surface area contributed by atoms with E-state index >= 15 is 0 Å². The fourth-order valence-electron chi connectivity index (χ4n) is 3.08. The van der Waals surface area contributed by atoms with Crippen molar-refractivity contribution >= 4 is 5.91 Å². The third-order valence-corrected chi connectivity index (χ3v) is 4.55. The molecule has 1 aromatic rings. The first kappa shape index (κ1) is 16.0. The Morgan fingerprint density at radius 1 is 1.29 bits per heavy atom. The third kappa shape index (κ3) is 3.85. The molecule has 1 heterocycles. The summed E-state index contributed by atoms with van der Waals surface area (Å²) in [6.45, 7) is 8.81. The highest BCUT2D eigenvalue weighted by Crippen LogP contribution is 2.26. The maximum atomic E-state index is 13.0. The number of likely N-dealkylation sites (N-methyl/N-ethyl adjacent to an activating group) is 1. The van der Waals surface area contributed by atoms with E-state index in [1.165, 1.54) is 19.3 Å². The molecule has 0 bridgehead atoms. The number of hydrogen-bond acceptors (Lipinski definition) is 2. The molecule has 0 saturated carbocycles. The summed E-state index contributed by atoms with van der Waals surface area (Å²) >= 11 is 0. The van der Waals surface area contributed by atoms with Gasteiger partial charge in [-0.1, -0.05) is 36.8 Å². The highest BCUT2D eigenvalue weighted by atomic mass is 16.2. The van der Waals surface area contributed by atoms with Crippen LogP contribution >= 0.6 is 0 Å². The van der Waals surface area contributed by atoms with Crippen LogP contribution in [0.1, 0.15) is 45.6 Å². The van der Waals surface area contributed by atoms with E-state index in [-0.39, 0.29) is 5.91 Å². The Kier molecular flexibility index (Phi) is 5.40. The van der Waals surface area contributed by atoms with Crippen LogP contribution in [0.5, 0.6) is 0 Å². The first-order valence-corrected chi connectivity index (χ1v) is 8.14. The van der Waals surface area contributed by atoms with E-state index < -0.39 is 5.41 Å². The molecule has 1 N–H and O–H groups in total. The van der Waals surface area contributed by atoms with E-state index in [1.807, 2.05) is 49.1 Å². The van der Waals surface area contributed by atoms with Crippen LogP contribution in [0.2, 0.25) is 0 Å². The maximum absolute atomic E-state index is 13.0. The van der Waals surface area contributed by atoms with Gasteiger partial charge in [0.05, 0.1) is 5.41 Å². The van der Waals surface area contributed by atoms with Gasteiger partial charge in [0.15, 0.2) is 0 Å². The first-order valence-electron chi connectivity index (χ1n) is 8.14. The number of nitrogens with one attached hydrogen (secondary N) is 1. The average molecular weight is 288 g/mol. The maximum Gasteiger partial charge on any atom is 0.232 e. The Balaban J connectivity index is 2.08. The molecule has 0 spiro atoms. The molecule has 0 aliphatic carbocycles. The molecule has 1 amide bonds. The van der Waals surface area contributed by atoms with Gasteiger partial charge in [0, 0.05) is 19.1 Å². The van der Waals surface area contributed by atoms with Gasteiger partial charge in [-0.25, -0.2) is 0 Å². The lowest BCUT2D eigenvalue weighted by molar-refractivity contribution is -0.136. The molecule has 2 rings (SSSR count). The summed E-state index contributed by atoms with van der Waals surface area (Å²) in [5.41, 5.74) is 0.622. The molecule has 1 unspecified atom stereocenters. The summed E-state index contributed by atoms with van der Waals surface area (Å²) in [7, 11) is 0. The lowest BCUT2D eigenvalue weighted by atomic mass is 9.83. The Morgan fingerprint density at radius 2 is 2.00 bits per heavy atom. The zero-order chi connectivity index (χ0) is 15.3. The van der Waals surface area contributed by atoms with Gasteiger partial charge < -0.3 is 10.2 Å². The molecule has 1 saturated heterocycles. The van der Waals surface area contributed by atoms with Gasteiger partial charge in [-0.05, 0) is 45.7 Å². The van der Waals surface area contributed by atoms with E-state index in [2.05, 4.69) is 12.2 Å². The van der Waals surface area contributed by atoms with Gasteiger partial charge in [0.25, 0.3) is 0 Å². The molecule has 1 aromatic carbocycles. The van der Waals surface area contributed by atoms with Crippen molar-refractivity contribution in [2.24, 2.45) is 0 Å². The smallest absolute Gasteiger partial charge is 0.232 e. The number of carbonyl (C=O) groups is 1. The number of amides is 1. The van der Waals surface area contributed by atoms with Crippen LogP contribution in [-0.2, 0) is 10.2 Å². The molecule has 0 radical (unpaired) electrons. The van der Waals surface area contributed by atoms with Gasteiger partial charge in [-0.3, -0.25) is 4.79 Å². The second-order valence-corrected chi connectivity index (χ2v) is 6.48. The first-order chi connectivity index (χ1) is 10.1. The van der Waals surface area contributed by atoms with Crippen molar-refractivity contribution in [2.75, 3.05) is 19.6 Å². The van der Waals surface area contributed by atoms with Crippen LogP contribution in [0, 0.1) is 0 Å². The fourth-order valence-corrected chi connectivity index (χ4v) is 3.08. The second kappa shape index (κ2) is 7.08. The van der Waals surface area contributed by atoms with Gasteiger partial charge in [-0.2, -0.15) is 0 Å². The van der Waals surface area contributed by atoms with Gasteiger partial charge in [0.2, 0.25) is 5.91 Å². The van der Waals surface area contributed by atoms with E-state index in [0.29, 0.717) is 6.04 Å². The average Bonchev–Trinajstić information content (AvgIpc) is 2.53. The largest absolute Gasteiger partial charge is 0.341 e. The van der Waals surface area contributed by atoms with Crippen molar-refractivity contribution in [3.05, 3.63) is 35.9 Å². The molecular weight excluding hydrogens is 260 g/mol. The van der Waals surface area contributed by atoms with Crippen molar-refractivity contribution in [3.63, 3.8) is 0 Å². The molecule has 3 heteroatoms. The number of benzene rings is 1. The number of hydrogen-bond donors (Lipinski definition) is 1. The summed E-state index contributed by atoms with van der Waals surface area (Å²) in [6.07, 6.45) is 3.70. The fraction of sp³-hybridized carbons (Fsp3) is 0.611. The van der Waals surface area contributed by atoms with Crippen LogP contribution in [0.25, 0.3) is 0 Å². The summed E-state index contributed by atoms with van der Waals surface area (Å²) in [5.74, 6) is 0.226. The lowest BCUT2D eigenvalue weighted by Gasteiger charge is -2.35. The Hall–Kier alpha value is -1.35. The number of nitrogens with zero attached hydrogens (tertiary/aromatic N) is 1. The predicted octanol–water partition coefficient (Wildman–Crippen LogP) is 2.95. The van der Waals surface area contributed by atoms with Crippen LogP contribution in [0.3, 0.4) is 0 Å².